The molecule has 1 aromatic heterocycles. The van der Waals surface area contributed by atoms with Gasteiger partial charge in [-0.05, 0) is 31.5 Å². The van der Waals surface area contributed by atoms with E-state index >= 15 is 0 Å². The number of aliphatic hydroxyl groups is 1. The lowest BCUT2D eigenvalue weighted by Crippen LogP contribution is -2.25. The van der Waals surface area contributed by atoms with E-state index in [1.165, 1.54) is 0 Å². The van der Waals surface area contributed by atoms with E-state index in [4.69, 9.17) is 4.52 Å². The monoisotopic (exact) mass is 324 g/mol. The molecule has 1 unspecified atom stereocenters. The predicted octanol–water partition coefficient (Wildman–Crippen LogP) is 3.22. The molecule has 2 rings (SSSR count). The van der Waals surface area contributed by atoms with Crippen molar-refractivity contribution in [3.8, 4) is 0 Å². The van der Waals surface area contributed by atoms with Gasteiger partial charge in [0, 0.05) is 18.1 Å². The summed E-state index contributed by atoms with van der Waals surface area (Å²) in [5, 5.41) is 14.2. The largest absolute Gasteiger partial charge is 0.387 e. The van der Waals surface area contributed by atoms with E-state index in [1.807, 2.05) is 50.1 Å². The first-order valence-corrected chi connectivity index (χ1v) is 6.86. The van der Waals surface area contributed by atoms with Crippen LogP contribution in [0.1, 0.15) is 23.1 Å². The van der Waals surface area contributed by atoms with E-state index in [2.05, 4.69) is 21.1 Å². The van der Waals surface area contributed by atoms with E-state index in [0.717, 1.165) is 27.2 Å². The number of aliphatic hydroxyl groups excluding tert-OH is 1. The molecule has 4 nitrogen and oxygen atoms in total. The fourth-order valence-electron chi connectivity index (χ4n) is 2.16. The zero-order valence-corrected chi connectivity index (χ0v) is 12.8. The molecule has 1 heterocycles. The quantitative estimate of drug-likeness (QED) is 0.938. The second-order valence-corrected chi connectivity index (χ2v) is 5.54. The Labute approximate surface area is 121 Å². The molecule has 0 aliphatic carbocycles. The molecule has 102 valence electrons. The highest BCUT2D eigenvalue weighted by Gasteiger charge is 2.17. The van der Waals surface area contributed by atoms with Crippen LogP contribution in [0.4, 0.5) is 5.69 Å². The Bertz CT molecular complexity index is 532. The van der Waals surface area contributed by atoms with Crippen molar-refractivity contribution in [2.75, 3.05) is 18.5 Å². The third kappa shape index (κ3) is 3.16. The molecular weight excluding hydrogens is 308 g/mol. The van der Waals surface area contributed by atoms with Crippen LogP contribution in [-0.4, -0.2) is 23.9 Å². The number of likely N-dealkylation sites (N-methyl/N-ethyl adjacent to an activating group) is 1. The van der Waals surface area contributed by atoms with Gasteiger partial charge in [-0.25, -0.2) is 0 Å². The van der Waals surface area contributed by atoms with Gasteiger partial charge in [0.2, 0.25) is 0 Å². The summed E-state index contributed by atoms with van der Waals surface area (Å²) < 4.78 is 6.14. The minimum absolute atomic E-state index is 0.491. The first-order valence-electron chi connectivity index (χ1n) is 6.06. The van der Waals surface area contributed by atoms with Crippen molar-refractivity contribution in [3.63, 3.8) is 0 Å². The molecule has 0 spiro atoms. The van der Waals surface area contributed by atoms with Crippen molar-refractivity contribution in [1.29, 1.82) is 0 Å². The van der Waals surface area contributed by atoms with Gasteiger partial charge in [0.25, 0.3) is 0 Å². The van der Waals surface area contributed by atoms with E-state index < -0.39 is 6.10 Å². The van der Waals surface area contributed by atoms with Gasteiger partial charge >= 0.3 is 0 Å². The number of hydrogen-bond acceptors (Lipinski definition) is 4. The van der Waals surface area contributed by atoms with Gasteiger partial charge in [0.1, 0.15) is 11.4 Å². The lowest BCUT2D eigenvalue weighted by Gasteiger charge is -2.22. The molecule has 0 saturated heterocycles. The average Bonchev–Trinajstić information content (AvgIpc) is 2.69. The van der Waals surface area contributed by atoms with Crippen LogP contribution in [0, 0.1) is 13.8 Å². The molecule has 0 amide bonds. The molecular formula is C14H17BrN2O2. The number of hydrogen-bond donors (Lipinski definition) is 1. The molecule has 1 aromatic carbocycles. The van der Waals surface area contributed by atoms with Crippen LogP contribution in [0.25, 0.3) is 0 Å². The van der Waals surface area contributed by atoms with Gasteiger partial charge in [0.05, 0.1) is 6.10 Å². The summed E-state index contributed by atoms with van der Waals surface area (Å²) in [6.07, 6.45) is -0.549. The van der Waals surface area contributed by atoms with Crippen molar-refractivity contribution in [3.05, 3.63) is 45.8 Å². The van der Waals surface area contributed by atoms with Crippen molar-refractivity contribution in [2.45, 2.75) is 20.0 Å². The highest BCUT2D eigenvalue weighted by atomic mass is 79.9. The maximum Gasteiger partial charge on any atom is 0.157 e. The first-order chi connectivity index (χ1) is 8.99. The van der Waals surface area contributed by atoms with Crippen LogP contribution in [0.5, 0.6) is 0 Å². The Morgan fingerprint density at radius 2 is 1.95 bits per heavy atom. The molecule has 19 heavy (non-hydrogen) atoms. The number of halogens is 1. The Hall–Kier alpha value is -1.33. The summed E-state index contributed by atoms with van der Waals surface area (Å²) in [4.78, 5) is 1.97. The number of nitrogens with zero attached hydrogens (tertiary/aromatic N) is 2. The first kappa shape index (κ1) is 14.1. The van der Waals surface area contributed by atoms with E-state index in [1.54, 1.807) is 0 Å². The highest BCUT2D eigenvalue weighted by Crippen LogP contribution is 2.25. The van der Waals surface area contributed by atoms with Gasteiger partial charge < -0.3 is 14.5 Å². The molecule has 0 bridgehead atoms. The van der Waals surface area contributed by atoms with Crippen LogP contribution in [0.15, 0.2) is 33.3 Å². The zero-order chi connectivity index (χ0) is 14.0. The van der Waals surface area contributed by atoms with E-state index in [9.17, 15) is 5.11 Å². The molecule has 0 aliphatic heterocycles. The second kappa shape index (κ2) is 5.75. The van der Waals surface area contributed by atoms with Gasteiger partial charge in [-0.3, -0.25) is 0 Å². The third-order valence-electron chi connectivity index (χ3n) is 3.08. The fraction of sp³-hybridized carbons (Fsp3) is 0.357. The topological polar surface area (TPSA) is 49.5 Å². The van der Waals surface area contributed by atoms with Crippen LogP contribution in [0.3, 0.4) is 0 Å². The van der Waals surface area contributed by atoms with E-state index in [-0.39, 0.29) is 0 Å². The van der Waals surface area contributed by atoms with Gasteiger partial charge in [-0.1, -0.05) is 33.2 Å². The molecule has 0 aliphatic rings. The third-order valence-corrected chi connectivity index (χ3v) is 3.61. The SMILES string of the molecule is Cc1noc(C)c1N(C)CC(O)c1ccc(Br)cc1. The maximum atomic E-state index is 10.3. The smallest absolute Gasteiger partial charge is 0.157 e. The van der Waals surface area contributed by atoms with Crippen molar-refractivity contribution >= 4 is 21.6 Å². The normalized spacial score (nSPS) is 12.5. The number of aryl methyl sites for hydroxylation is 2. The summed E-state index contributed by atoms with van der Waals surface area (Å²) in [6.45, 7) is 4.26. The average molecular weight is 325 g/mol. The molecule has 1 atom stereocenters. The molecule has 0 saturated carbocycles. The predicted molar refractivity (Wildman–Crippen MR) is 78.3 cm³/mol. The molecule has 1 N–H and O–H groups in total. The molecule has 0 fully saturated rings. The summed E-state index contributed by atoms with van der Waals surface area (Å²) >= 11 is 3.38. The van der Waals surface area contributed by atoms with Crippen LogP contribution >= 0.6 is 15.9 Å². The second-order valence-electron chi connectivity index (χ2n) is 4.62. The van der Waals surface area contributed by atoms with Crippen molar-refractivity contribution in [1.82, 2.24) is 5.16 Å². The number of anilines is 1. The van der Waals surface area contributed by atoms with Crippen LogP contribution in [0.2, 0.25) is 0 Å². The van der Waals surface area contributed by atoms with Crippen molar-refractivity contribution in [2.24, 2.45) is 0 Å². The summed E-state index contributed by atoms with van der Waals surface area (Å²) in [6, 6.07) is 7.68. The minimum atomic E-state index is -0.549. The number of benzene rings is 1. The Balaban J connectivity index is 2.10. The Kier molecular flexibility index (Phi) is 4.27. The van der Waals surface area contributed by atoms with E-state index in [0.29, 0.717) is 6.54 Å². The number of rotatable bonds is 4. The van der Waals surface area contributed by atoms with Gasteiger partial charge in [-0.2, -0.15) is 0 Å². The lowest BCUT2D eigenvalue weighted by molar-refractivity contribution is 0.185. The summed E-state index contributed by atoms with van der Waals surface area (Å²) in [5.74, 6) is 0.767. The summed E-state index contributed by atoms with van der Waals surface area (Å²) in [5.41, 5.74) is 2.67. The Morgan fingerprint density at radius 3 is 2.47 bits per heavy atom. The highest BCUT2D eigenvalue weighted by molar-refractivity contribution is 9.10. The zero-order valence-electron chi connectivity index (χ0n) is 11.2. The van der Waals surface area contributed by atoms with Crippen LogP contribution < -0.4 is 4.90 Å². The molecule has 0 radical (unpaired) electrons. The lowest BCUT2D eigenvalue weighted by atomic mass is 10.1. The van der Waals surface area contributed by atoms with Crippen molar-refractivity contribution < 1.29 is 9.63 Å². The minimum Gasteiger partial charge on any atom is -0.387 e. The van der Waals surface area contributed by atoms with Gasteiger partial charge in [0.15, 0.2) is 5.76 Å². The standard InChI is InChI=1S/C14H17BrN2O2/c1-9-14(10(2)19-16-9)17(3)8-13(18)11-4-6-12(15)7-5-11/h4-7,13,18H,8H2,1-3H3. The Morgan fingerprint density at radius 1 is 1.32 bits per heavy atom. The maximum absolute atomic E-state index is 10.3. The molecule has 2 aromatic rings. The number of aromatic nitrogens is 1. The molecule has 5 heteroatoms. The summed E-state index contributed by atoms with van der Waals surface area (Å²) in [7, 11) is 1.93. The van der Waals surface area contributed by atoms with Gasteiger partial charge in [-0.15, -0.1) is 0 Å². The van der Waals surface area contributed by atoms with Crippen LogP contribution in [-0.2, 0) is 0 Å². The fourth-order valence-corrected chi connectivity index (χ4v) is 2.43.